The van der Waals surface area contributed by atoms with Crippen LogP contribution in [-0.4, -0.2) is 7.11 Å². The van der Waals surface area contributed by atoms with Gasteiger partial charge in [0.05, 0.1) is 7.11 Å². The van der Waals surface area contributed by atoms with E-state index in [-0.39, 0.29) is 24.3 Å². The Bertz CT molecular complexity index is 380. The average molecular weight is 274 g/mol. The first-order chi connectivity index (χ1) is 8.22. The minimum Gasteiger partial charge on any atom is -0.496 e. The summed E-state index contributed by atoms with van der Waals surface area (Å²) in [6.07, 6.45) is 6.04. The van der Waals surface area contributed by atoms with E-state index in [1.54, 1.807) is 13.2 Å². The number of halogens is 2. The summed E-state index contributed by atoms with van der Waals surface area (Å²) in [5, 5.41) is 0. The summed E-state index contributed by atoms with van der Waals surface area (Å²) in [6, 6.07) is 4.47. The summed E-state index contributed by atoms with van der Waals surface area (Å²) in [5.74, 6) is 0.913. The Morgan fingerprint density at radius 3 is 2.56 bits per heavy atom. The Morgan fingerprint density at radius 1 is 1.28 bits per heavy atom. The Labute approximate surface area is 114 Å². The number of hydrogen-bond donors (Lipinski definition) is 1. The van der Waals surface area contributed by atoms with Crippen LogP contribution in [0.15, 0.2) is 18.2 Å². The molecule has 1 saturated carbocycles. The van der Waals surface area contributed by atoms with Gasteiger partial charge >= 0.3 is 0 Å². The second kappa shape index (κ2) is 6.95. The number of rotatable bonds is 3. The van der Waals surface area contributed by atoms with Gasteiger partial charge in [0.25, 0.3) is 0 Å². The molecule has 0 spiro atoms. The summed E-state index contributed by atoms with van der Waals surface area (Å²) >= 11 is 0. The van der Waals surface area contributed by atoms with Gasteiger partial charge in [0.1, 0.15) is 11.6 Å². The molecule has 102 valence electrons. The molecule has 0 saturated heterocycles. The lowest BCUT2D eigenvalue weighted by Crippen LogP contribution is -2.24. The molecule has 1 fully saturated rings. The SMILES string of the molecule is COc1ccc(F)cc1[C@H](N)C1CCCCC1.Cl. The zero-order valence-electron chi connectivity index (χ0n) is 10.7. The topological polar surface area (TPSA) is 35.2 Å². The molecule has 4 heteroatoms. The molecule has 18 heavy (non-hydrogen) atoms. The van der Waals surface area contributed by atoms with E-state index in [0.717, 1.165) is 18.4 Å². The lowest BCUT2D eigenvalue weighted by molar-refractivity contribution is 0.300. The van der Waals surface area contributed by atoms with Crippen molar-refractivity contribution in [3.63, 3.8) is 0 Å². The second-order valence-electron chi connectivity index (χ2n) is 4.81. The van der Waals surface area contributed by atoms with Crippen molar-refractivity contribution in [1.29, 1.82) is 0 Å². The Balaban J connectivity index is 0.00000162. The standard InChI is InChI=1S/C14H20FNO.ClH/c1-17-13-8-7-11(15)9-12(13)14(16)10-5-3-2-4-6-10;/h7-10,14H,2-6,16H2,1H3;1H/t14-;/m1./s1. The van der Waals surface area contributed by atoms with Gasteiger partial charge in [-0.05, 0) is 37.0 Å². The summed E-state index contributed by atoms with van der Waals surface area (Å²) < 4.78 is 18.6. The molecule has 0 unspecified atom stereocenters. The minimum absolute atomic E-state index is 0. The minimum atomic E-state index is -0.243. The van der Waals surface area contributed by atoms with Crippen LogP contribution >= 0.6 is 12.4 Å². The van der Waals surface area contributed by atoms with E-state index >= 15 is 0 Å². The highest BCUT2D eigenvalue weighted by molar-refractivity contribution is 5.85. The fourth-order valence-electron chi connectivity index (χ4n) is 2.71. The van der Waals surface area contributed by atoms with Gasteiger partial charge < -0.3 is 10.5 Å². The number of hydrogen-bond acceptors (Lipinski definition) is 2. The molecule has 1 aromatic carbocycles. The Morgan fingerprint density at radius 2 is 1.94 bits per heavy atom. The van der Waals surface area contributed by atoms with Crippen molar-refractivity contribution >= 4 is 12.4 Å². The third-order valence-electron chi connectivity index (χ3n) is 3.71. The van der Waals surface area contributed by atoms with Gasteiger partial charge in [-0.15, -0.1) is 12.4 Å². The molecule has 1 aliphatic carbocycles. The monoisotopic (exact) mass is 273 g/mol. The van der Waals surface area contributed by atoms with Gasteiger partial charge in [0.15, 0.2) is 0 Å². The molecule has 0 amide bonds. The maximum Gasteiger partial charge on any atom is 0.123 e. The van der Waals surface area contributed by atoms with Crippen LogP contribution < -0.4 is 10.5 Å². The van der Waals surface area contributed by atoms with Crippen molar-refractivity contribution in [1.82, 2.24) is 0 Å². The molecule has 1 atom stereocenters. The van der Waals surface area contributed by atoms with Crippen molar-refractivity contribution in [2.24, 2.45) is 11.7 Å². The lowest BCUT2D eigenvalue weighted by atomic mass is 9.81. The lowest BCUT2D eigenvalue weighted by Gasteiger charge is -2.28. The predicted octanol–water partition coefficient (Wildman–Crippen LogP) is 3.84. The highest BCUT2D eigenvalue weighted by Gasteiger charge is 2.24. The number of methoxy groups -OCH3 is 1. The average Bonchev–Trinajstić information content (AvgIpc) is 2.39. The van der Waals surface area contributed by atoms with Gasteiger partial charge in [-0.3, -0.25) is 0 Å². The molecule has 2 N–H and O–H groups in total. The fourth-order valence-corrected chi connectivity index (χ4v) is 2.71. The molecule has 0 heterocycles. The van der Waals surface area contributed by atoms with Crippen molar-refractivity contribution in [2.45, 2.75) is 38.1 Å². The van der Waals surface area contributed by atoms with Gasteiger partial charge in [0, 0.05) is 11.6 Å². The van der Waals surface area contributed by atoms with Crippen LogP contribution in [0.2, 0.25) is 0 Å². The summed E-state index contributed by atoms with van der Waals surface area (Å²) in [4.78, 5) is 0. The molecule has 1 aromatic rings. The number of nitrogens with two attached hydrogens (primary N) is 1. The van der Waals surface area contributed by atoms with Crippen LogP contribution in [0.1, 0.15) is 43.7 Å². The smallest absolute Gasteiger partial charge is 0.123 e. The molecule has 0 aliphatic heterocycles. The molecular weight excluding hydrogens is 253 g/mol. The van der Waals surface area contributed by atoms with Crippen LogP contribution in [0.4, 0.5) is 4.39 Å². The predicted molar refractivity (Wildman–Crippen MR) is 73.7 cm³/mol. The first-order valence-electron chi connectivity index (χ1n) is 6.31. The van der Waals surface area contributed by atoms with E-state index in [1.807, 2.05) is 0 Å². The van der Waals surface area contributed by atoms with Crippen molar-refractivity contribution in [2.75, 3.05) is 7.11 Å². The van der Waals surface area contributed by atoms with Gasteiger partial charge in [-0.2, -0.15) is 0 Å². The van der Waals surface area contributed by atoms with E-state index in [9.17, 15) is 4.39 Å². The highest BCUT2D eigenvalue weighted by Crippen LogP contribution is 2.36. The molecule has 1 aliphatic rings. The molecule has 0 bridgehead atoms. The van der Waals surface area contributed by atoms with Gasteiger partial charge in [-0.25, -0.2) is 4.39 Å². The fraction of sp³-hybridized carbons (Fsp3) is 0.571. The van der Waals surface area contributed by atoms with Crippen molar-refractivity contribution < 1.29 is 9.13 Å². The van der Waals surface area contributed by atoms with Crippen LogP contribution in [0.3, 0.4) is 0 Å². The molecule has 0 aromatic heterocycles. The third-order valence-corrected chi connectivity index (χ3v) is 3.71. The van der Waals surface area contributed by atoms with E-state index in [4.69, 9.17) is 10.5 Å². The zero-order valence-corrected chi connectivity index (χ0v) is 11.5. The summed E-state index contributed by atoms with van der Waals surface area (Å²) in [6.45, 7) is 0. The van der Waals surface area contributed by atoms with E-state index in [0.29, 0.717) is 11.7 Å². The van der Waals surface area contributed by atoms with Crippen LogP contribution in [0, 0.1) is 11.7 Å². The van der Waals surface area contributed by atoms with Gasteiger partial charge in [-0.1, -0.05) is 19.3 Å². The highest BCUT2D eigenvalue weighted by atomic mass is 35.5. The van der Waals surface area contributed by atoms with Crippen molar-refractivity contribution in [3.8, 4) is 5.75 Å². The quantitative estimate of drug-likeness (QED) is 0.908. The first-order valence-corrected chi connectivity index (χ1v) is 6.31. The molecule has 2 nitrogen and oxygen atoms in total. The second-order valence-corrected chi connectivity index (χ2v) is 4.81. The number of ether oxygens (including phenoxy) is 1. The normalized spacial score (nSPS) is 17.9. The third kappa shape index (κ3) is 3.36. The first kappa shape index (κ1) is 15.3. The Hall–Kier alpha value is -0.800. The molecule has 0 radical (unpaired) electrons. The van der Waals surface area contributed by atoms with Crippen molar-refractivity contribution in [3.05, 3.63) is 29.6 Å². The summed E-state index contributed by atoms with van der Waals surface area (Å²) in [5.41, 5.74) is 7.07. The van der Waals surface area contributed by atoms with Crippen LogP contribution in [0.25, 0.3) is 0 Å². The Kier molecular flexibility index (Phi) is 5.89. The molecular formula is C14H21ClFNO. The number of benzene rings is 1. The molecule has 2 rings (SSSR count). The maximum atomic E-state index is 13.3. The van der Waals surface area contributed by atoms with E-state index in [2.05, 4.69) is 0 Å². The van der Waals surface area contributed by atoms with E-state index in [1.165, 1.54) is 31.4 Å². The van der Waals surface area contributed by atoms with Crippen LogP contribution in [0.5, 0.6) is 5.75 Å². The zero-order chi connectivity index (χ0) is 12.3. The van der Waals surface area contributed by atoms with Crippen LogP contribution in [-0.2, 0) is 0 Å². The maximum absolute atomic E-state index is 13.3. The largest absolute Gasteiger partial charge is 0.496 e. The van der Waals surface area contributed by atoms with Gasteiger partial charge in [0.2, 0.25) is 0 Å². The summed E-state index contributed by atoms with van der Waals surface area (Å²) in [7, 11) is 1.60. The van der Waals surface area contributed by atoms with E-state index < -0.39 is 0 Å².